The lowest BCUT2D eigenvalue weighted by molar-refractivity contribution is -0.149. The zero-order chi connectivity index (χ0) is 24.1. The first-order valence-electron chi connectivity index (χ1n) is 10.7. The van der Waals surface area contributed by atoms with Crippen molar-refractivity contribution >= 4 is 16.0 Å². The number of carbonyl (C=O) groups excluding carboxylic acids is 1. The summed E-state index contributed by atoms with van der Waals surface area (Å²) in [7, 11) is -4.20. The second-order valence-corrected chi connectivity index (χ2v) is 9.68. The van der Waals surface area contributed by atoms with Gasteiger partial charge in [0.25, 0.3) is 0 Å². The molecular weight excluding hydrogens is 470 g/mol. The van der Waals surface area contributed by atoms with Crippen LogP contribution in [0.1, 0.15) is 25.2 Å². The second kappa shape index (κ2) is 10.3. The third kappa shape index (κ3) is 5.45. The van der Waals surface area contributed by atoms with E-state index in [0.29, 0.717) is 30.6 Å². The van der Waals surface area contributed by atoms with E-state index in [0.717, 1.165) is 22.0 Å². The summed E-state index contributed by atoms with van der Waals surface area (Å²) in [5, 5.41) is 3.90. The summed E-state index contributed by atoms with van der Waals surface area (Å²) >= 11 is 0. The highest BCUT2D eigenvalue weighted by atomic mass is 32.2. The fourth-order valence-electron chi connectivity index (χ4n) is 3.63. The first-order chi connectivity index (χ1) is 16.3. The monoisotopic (exact) mass is 492 g/mol. The Bertz CT molecular complexity index is 1250. The molecule has 1 fully saturated rings. The molecule has 1 aliphatic rings. The van der Waals surface area contributed by atoms with E-state index in [2.05, 4.69) is 15.1 Å². The lowest BCUT2D eigenvalue weighted by Crippen LogP contribution is -2.41. The number of hydrogen-bond donors (Lipinski definition) is 0. The number of esters is 1. The van der Waals surface area contributed by atoms with Gasteiger partial charge in [-0.05, 0) is 49.6 Å². The number of sulfonamides is 1. The fourth-order valence-corrected chi connectivity index (χ4v) is 5.17. The molecule has 0 saturated carbocycles. The van der Waals surface area contributed by atoms with Gasteiger partial charge in [0.15, 0.2) is 0 Å². The summed E-state index contributed by atoms with van der Waals surface area (Å²) in [6.45, 7) is 0.171. The Balaban J connectivity index is 1.22. The van der Waals surface area contributed by atoms with E-state index in [-0.39, 0.29) is 32.5 Å². The van der Waals surface area contributed by atoms with Crippen LogP contribution in [-0.4, -0.2) is 53.5 Å². The Morgan fingerprint density at radius 3 is 2.74 bits per heavy atom. The Morgan fingerprint density at radius 1 is 1.21 bits per heavy atom. The van der Waals surface area contributed by atoms with Gasteiger partial charge in [-0.1, -0.05) is 5.16 Å². The molecular formula is C22H22F2N4O5S. The van der Waals surface area contributed by atoms with E-state index in [9.17, 15) is 22.0 Å². The molecule has 1 aromatic carbocycles. The highest BCUT2D eigenvalue weighted by Gasteiger charge is 2.34. The minimum Gasteiger partial charge on any atom is -0.465 e. The van der Waals surface area contributed by atoms with Crippen molar-refractivity contribution in [1.82, 2.24) is 19.4 Å². The number of piperidine rings is 1. The van der Waals surface area contributed by atoms with Crippen LogP contribution in [0.5, 0.6) is 0 Å². The number of aryl methyl sites for hydroxylation is 1. The molecule has 0 aliphatic carbocycles. The molecule has 0 amide bonds. The summed E-state index contributed by atoms with van der Waals surface area (Å²) in [4.78, 5) is 19.9. The number of ether oxygens (including phenoxy) is 1. The SMILES string of the molecule is O=C(OCCCc1nc(-c2cccnc2)no1)C1CCN(S(=O)(=O)c2cc(F)ccc2F)CC1. The molecule has 12 heteroatoms. The molecule has 0 bridgehead atoms. The quantitative estimate of drug-likeness (QED) is 0.348. The van der Waals surface area contributed by atoms with E-state index in [1.165, 1.54) is 0 Å². The van der Waals surface area contributed by atoms with E-state index in [1.54, 1.807) is 18.5 Å². The van der Waals surface area contributed by atoms with Gasteiger partial charge in [-0.25, -0.2) is 17.2 Å². The molecule has 0 atom stereocenters. The van der Waals surface area contributed by atoms with Crippen LogP contribution in [0.2, 0.25) is 0 Å². The van der Waals surface area contributed by atoms with Crippen molar-refractivity contribution in [3.8, 4) is 11.4 Å². The summed E-state index contributed by atoms with van der Waals surface area (Å²) < 4.78 is 64.2. The highest BCUT2D eigenvalue weighted by molar-refractivity contribution is 7.89. The number of pyridine rings is 1. The summed E-state index contributed by atoms with van der Waals surface area (Å²) in [5.74, 6) is -1.90. The van der Waals surface area contributed by atoms with E-state index in [1.807, 2.05) is 6.07 Å². The van der Waals surface area contributed by atoms with E-state index < -0.39 is 38.4 Å². The number of rotatable bonds is 8. The van der Waals surface area contributed by atoms with Crippen molar-refractivity contribution in [3.63, 3.8) is 0 Å². The van der Waals surface area contributed by atoms with Crippen LogP contribution in [0.3, 0.4) is 0 Å². The van der Waals surface area contributed by atoms with Crippen molar-refractivity contribution < 1.29 is 31.3 Å². The second-order valence-electron chi connectivity index (χ2n) is 7.78. The molecule has 0 N–H and O–H groups in total. The Hall–Kier alpha value is -3.25. The average Bonchev–Trinajstić information content (AvgIpc) is 3.33. The normalized spacial score (nSPS) is 15.4. The number of hydrogen-bond acceptors (Lipinski definition) is 8. The molecule has 3 heterocycles. The fraction of sp³-hybridized carbons (Fsp3) is 0.364. The standard InChI is InChI=1S/C22H22F2N4O5S/c23-17-5-6-18(24)19(13-17)34(30,31)28-10-7-15(8-11-28)22(29)32-12-2-4-20-26-21(27-33-20)16-3-1-9-25-14-16/h1,3,5-6,9,13-15H,2,4,7-8,10-12H2. The number of carbonyl (C=O) groups is 1. The van der Waals surface area contributed by atoms with Gasteiger partial charge in [0.2, 0.25) is 21.7 Å². The number of benzene rings is 1. The van der Waals surface area contributed by atoms with Crippen molar-refractivity contribution in [2.75, 3.05) is 19.7 Å². The molecule has 9 nitrogen and oxygen atoms in total. The smallest absolute Gasteiger partial charge is 0.309 e. The average molecular weight is 493 g/mol. The summed E-state index contributed by atoms with van der Waals surface area (Å²) in [5.41, 5.74) is 0.734. The Morgan fingerprint density at radius 2 is 2.00 bits per heavy atom. The highest BCUT2D eigenvalue weighted by Crippen LogP contribution is 2.26. The molecule has 180 valence electrons. The molecule has 1 saturated heterocycles. The number of aromatic nitrogens is 3. The van der Waals surface area contributed by atoms with Crippen LogP contribution in [0.15, 0.2) is 52.1 Å². The third-order valence-corrected chi connectivity index (χ3v) is 7.38. The zero-order valence-electron chi connectivity index (χ0n) is 18.1. The van der Waals surface area contributed by atoms with Crippen molar-refractivity contribution in [1.29, 1.82) is 0 Å². The number of halogens is 2. The largest absolute Gasteiger partial charge is 0.465 e. The van der Waals surface area contributed by atoms with Gasteiger partial charge in [-0.3, -0.25) is 9.78 Å². The van der Waals surface area contributed by atoms with Crippen LogP contribution < -0.4 is 0 Å². The zero-order valence-corrected chi connectivity index (χ0v) is 18.9. The maximum Gasteiger partial charge on any atom is 0.309 e. The first kappa shape index (κ1) is 23.9. The van der Waals surface area contributed by atoms with Crippen molar-refractivity contribution in [2.24, 2.45) is 5.92 Å². The lowest BCUT2D eigenvalue weighted by atomic mass is 9.98. The van der Waals surface area contributed by atoms with Gasteiger partial charge in [0.1, 0.15) is 16.5 Å². The van der Waals surface area contributed by atoms with E-state index >= 15 is 0 Å². The van der Waals surface area contributed by atoms with Crippen LogP contribution >= 0.6 is 0 Å². The lowest BCUT2D eigenvalue weighted by Gasteiger charge is -2.30. The van der Waals surface area contributed by atoms with Gasteiger partial charge in [-0.15, -0.1) is 0 Å². The third-order valence-electron chi connectivity index (χ3n) is 5.47. The molecule has 1 aliphatic heterocycles. The maximum atomic E-state index is 13.9. The van der Waals surface area contributed by atoms with Crippen LogP contribution in [0.25, 0.3) is 11.4 Å². The predicted octanol–water partition coefficient (Wildman–Crippen LogP) is 2.99. The molecule has 0 spiro atoms. The molecule has 3 aromatic rings. The first-order valence-corrected chi connectivity index (χ1v) is 12.1. The molecule has 34 heavy (non-hydrogen) atoms. The number of nitrogens with zero attached hydrogens (tertiary/aromatic N) is 4. The van der Waals surface area contributed by atoms with E-state index in [4.69, 9.17) is 9.26 Å². The maximum absolute atomic E-state index is 13.9. The van der Waals surface area contributed by atoms with Crippen molar-refractivity contribution in [3.05, 3.63) is 60.3 Å². The van der Waals surface area contributed by atoms with Gasteiger partial charge >= 0.3 is 5.97 Å². The Labute approximate surface area is 194 Å². The topological polar surface area (TPSA) is 115 Å². The van der Waals surface area contributed by atoms with Crippen LogP contribution in [0, 0.1) is 17.6 Å². The minimum absolute atomic E-state index is 0.0111. The predicted molar refractivity (Wildman–Crippen MR) is 115 cm³/mol. The van der Waals surface area contributed by atoms with Gasteiger partial charge < -0.3 is 9.26 Å². The molecule has 0 unspecified atom stereocenters. The summed E-state index contributed by atoms with van der Waals surface area (Å²) in [6, 6.07) is 5.88. The van der Waals surface area contributed by atoms with Crippen LogP contribution in [-0.2, 0) is 26.0 Å². The van der Waals surface area contributed by atoms with Crippen LogP contribution in [0.4, 0.5) is 8.78 Å². The summed E-state index contributed by atoms with van der Waals surface area (Å²) in [6.07, 6.45) is 4.64. The Kier molecular flexibility index (Phi) is 7.27. The molecule has 4 rings (SSSR count). The van der Waals surface area contributed by atoms with Gasteiger partial charge in [-0.2, -0.15) is 9.29 Å². The van der Waals surface area contributed by atoms with Gasteiger partial charge in [0.05, 0.1) is 12.5 Å². The van der Waals surface area contributed by atoms with Gasteiger partial charge in [0, 0.05) is 37.5 Å². The molecule has 0 radical (unpaired) electrons. The minimum atomic E-state index is -4.20. The van der Waals surface area contributed by atoms with Crippen molar-refractivity contribution in [2.45, 2.75) is 30.6 Å². The molecule has 2 aromatic heterocycles.